The molecule has 0 unspecified atom stereocenters. The normalized spacial score (nSPS) is 9.47. The molecule has 0 bridgehead atoms. The topological polar surface area (TPSA) is 78.9 Å². The summed E-state index contributed by atoms with van der Waals surface area (Å²) in [6, 6.07) is 6.87. The number of nitrogens with one attached hydrogen (secondary N) is 1. The van der Waals surface area contributed by atoms with Crippen molar-refractivity contribution in [2.45, 2.75) is 0 Å². The van der Waals surface area contributed by atoms with Gasteiger partial charge in [0.15, 0.2) is 5.69 Å². The van der Waals surface area contributed by atoms with Gasteiger partial charge in [0.05, 0.1) is 0 Å². The molecule has 0 aliphatic heterocycles. The van der Waals surface area contributed by atoms with Crippen LogP contribution in [0.2, 0.25) is 5.02 Å². The van der Waals surface area contributed by atoms with E-state index in [-0.39, 0.29) is 11.4 Å². The predicted molar refractivity (Wildman–Crippen MR) is 60.8 cm³/mol. The van der Waals surface area contributed by atoms with E-state index in [2.05, 4.69) is 27.3 Å². The molecule has 6 heteroatoms. The predicted octanol–water partition coefficient (Wildman–Crippen LogP) is 1.56. The number of carboxylic acid groups (broad SMARTS) is 1. The number of carboxylic acids is 1. The molecule has 0 spiro atoms. The van der Waals surface area contributed by atoms with Crippen LogP contribution in [0.4, 0.5) is 0 Å². The first-order valence-electron chi connectivity index (χ1n) is 4.58. The molecule has 0 aliphatic rings. The average Bonchev–Trinajstić information content (AvgIpc) is 2.76. The van der Waals surface area contributed by atoms with E-state index < -0.39 is 5.97 Å². The van der Waals surface area contributed by atoms with Gasteiger partial charge in [-0.2, -0.15) is 5.21 Å². The lowest BCUT2D eigenvalue weighted by atomic mass is 10.2. The number of H-pyrrole nitrogens is 1. The standard InChI is InChI=1S/C11H6ClN3O2/c12-8-4-1-7(2-5-8)3-6-9-10(11(16)17)14-15-13-9/h1-2,4-5H,(H,16,17)(H,13,14,15). The summed E-state index contributed by atoms with van der Waals surface area (Å²) in [5, 5.41) is 18.8. The van der Waals surface area contributed by atoms with Crippen molar-refractivity contribution < 1.29 is 9.90 Å². The number of hydrogen-bond acceptors (Lipinski definition) is 3. The van der Waals surface area contributed by atoms with E-state index in [0.717, 1.165) is 0 Å². The maximum Gasteiger partial charge on any atom is 0.359 e. The van der Waals surface area contributed by atoms with Gasteiger partial charge in [-0.15, -0.1) is 10.2 Å². The molecule has 2 N–H and O–H groups in total. The summed E-state index contributed by atoms with van der Waals surface area (Å²) in [5.41, 5.74) is 0.632. The van der Waals surface area contributed by atoms with Crippen molar-refractivity contribution in [2.24, 2.45) is 0 Å². The molecule has 0 saturated heterocycles. The molecule has 1 aromatic heterocycles. The van der Waals surface area contributed by atoms with Crippen molar-refractivity contribution in [3.63, 3.8) is 0 Å². The second-order valence-corrected chi connectivity index (χ2v) is 3.52. The molecular formula is C11H6ClN3O2. The zero-order valence-corrected chi connectivity index (χ0v) is 9.19. The molecule has 5 nitrogen and oxygen atoms in total. The number of aromatic amines is 1. The van der Waals surface area contributed by atoms with Gasteiger partial charge in [-0.1, -0.05) is 17.5 Å². The zero-order chi connectivity index (χ0) is 12.3. The Bertz CT molecular complexity index is 608. The molecular weight excluding hydrogens is 242 g/mol. The van der Waals surface area contributed by atoms with E-state index in [1.165, 1.54) is 0 Å². The molecule has 0 amide bonds. The third-order valence-corrected chi connectivity index (χ3v) is 2.17. The van der Waals surface area contributed by atoms with Crippen LogP contribution in [0.1, 0.15) is 21.7 Å². The lowest BCUT2D eigenvalue weighted by molar-refractivity contribution is 0.0690. The molecule has 0 atom stereocenters. The first-order chi connectivity index (χ1) is 8.16. The van der Waals surface area contributed by atoms with Crippen LogP contribution < -0.4 is 0 Å². The third kappa shape index (κ3) is 2.62. The zero-order valence-electron chi connectivity index (χ0n) is 8.44. The smallest absolute Gasteiger partial charge is 0.359 e. The van der Waals surface area contributed by atoms with Crippen LogP contribution in [0.3, 0.4) is 0 Å². The van der Waals surface area contributed by atoms with Crippen molar-refractivity contribution in [1.29, 1.82) is 0 Å². The monoisotopic (exact) mass is 247 g/mol. The average molecular weight is 248 g/mol. The summed E-state index contributed by atoms with van der Waals surface area (Å²) in [4.78, 5) is 10.7. The summed E-state index contributed by atoms with van der Waals surface area (Å²) in [7, 11) is 0. The fourth-order valence-corrected chi connectivity index (χ4v) is 1.26. The highest BCUT2D eigenvalue weighted by molar-refractivity contribution is 6.30. The van der Waals surface area contributed by atoms with E-state index in [4.69, 9.17) is 16.7 Å². The molecule has 17 heavy (non-hydrogen) atoms. The Hall–Kier alpha value is -2.32. The first-order valence-corrected chi connectivity index (χ1v) is 4.96. The van der Waals surface area contributed by atoms with Gasteiger partial charge in [0.1, 0.15) is 0 Å². The van der Waals surface area contributed by atoms with Crippen LogP contribution >= 0.6 is 11.6 Å². The second-order valence-electron chi connectivity index (χ2n) is 3.08. The maximum atomic E-state index is 10.7. The van der Waals surface area contributed by atoms with Crippen molar-refractivity contribution in [3.05, 3.63) is 46.2 Å². The van der Waals surface area contributed by atoms with E-state index in [1.54, 1.807) is 24.3 Å². The Morgan fingerprint density at radius 2 is 1.94 bits per heavy atom. The minimum Gasteiger partial charge on any atom is -0.476 e. The number of benzene rings is 1. The van der Waals surface area contributed by atoms with Crippen LogP contribution in [-0.4, -0.2) is 26.5 Å². The Morgan fingerprint density at radius 3 is 2.59 bits per heavy atom. The van der Waals surface area contributed by atoms with E-state index in [0.29, 0.717) is 10.6 Å². The highest BCUT2D eigenvalue weighted by Gasteiger charge is 2.12. The van der Waals surface area contributed by atoms with Crippen LogP contribution in [0.25, 0.3) is 0 Å². The highest BCUT2D eigenvalue weighted by atomic mass is 35.5. The van der Waals surface area contributed by atoms with Gasteiger partial charge in [-0.3, -0.25) is 0 Å². The number of aromatic carboxylic acids is 1. The van der Waals surface area contributed by atoms with Crippen LogP contribution in [0.5, 0.6) is 0 Å². The summed E-state index contributed by atoms with van der Waals surface area (Å²) in [6.45, 7) is 0. The molecule has 84 valence electrons. The number of carbonyl (C=O) groups is 1. The van der Waals surface area contributed by atoms with Crippen molar-refractivity contribution >= 4 is 17.6 Å². The number of halogens is 1. The van der Waals surface area contributed by atoms with Gasteiger partial charge in [0.25, 0.3) is 0 Å². The van der Waals surface area contributed by atoms with Crippen molar-refractivity contribution in [3.8, 4) is 11.8 Å². The van der Waals surface area contributed by atoms with Gasteiger partial charge in [0.2, 0.25) is 5.69 Å². The summed E-state index contributed by atoms with van der Waals surface area (Å²) in [5.74, 6) is 4.24. The van der Waals surface area contributed by atoms with Crippen LogP contribution in [-0.2, 0) is 0 Å². The molecule has 0 radical (unpaired) electrons. The molecule has 1 heterocycles. The Morgan fingerprint density at radius 1 is 1.24 bits per heavy atom. The van der Waals surface area contributed by atoms with E-state index in [9.17, 15) is 4.79 Å². The van der Waals surface area contributed by atoms with Gasteiger partial charge < -0.3 is 5.11 Å². The highest BCUT2D eigenvalue weighted by Crippen LogP contribution is 2.08. The van der Waals surface area contributed by atoms with Gasteiger partial charge in [0, 0.05) is 10.6 Å². The number of rotatable bonds is 1. The molecule has 2 aromatic rings. The molecule has 0 saturated carbocycles. The lowest BCUT2D eigenvalue weighted by Crippen LogP contribution is -1.99. The quantitative estimate of drug-likeness (QED) is 0.750. The molecule has 1 aromatic carbocycles. The number of aromatic nitrogens is 3. The van der Waals surface area contributed by atoms with Crippen molar-refractivity contribution in [1.82, 2.24) is 15.4 Å². The third-order valence-electron chi connectivity index (χ3n) is 1.92. The minimum atomic E-state index is -1.17. The van der Waals surface area contributed by atoms with Crippen LogP contribution in [0.15, 0.2) is 24.3 Å². The summed E-state index contributed by atoms with van der Waals surface area (Å²) >= 11 is 5.72. The van der Waals surface area contributed by atoms with Crippen LogP contribution in [0, 0.1) is 11.8 Å². The van der Waals surface area contributed by atoms with Gasteiger partial charge in [-0.05, 0) is 30.2 Å². The lowest BCUT2D eigenvalue weighted by Gasteiger charge is -1.89. The van der Waals surface area contributed by atoms with E-state index in [1.807, 2.05) is 0 Å². The molecule has 2 rings (SSSR count). The molecule has 0 aliphatic carbocycles. The number of hydrogen-bond donors (Lipinski definition) is 2. The van der Waals surface area contributed by atoms with Gasteiger partial charge in [-0.25, -0.2) is 4.79 Å². The van der Waals surface area contributed by atoms with Crippen molar-refractivity contribution in [2.75, 3.05) is 0 Å². The Labute approximate surface area is 101 Å². The Balaban J connectivity index is 2.30. The largest absolute Gasteiger partial charge is 0.476 e. The van der Waals surface area contributed by atoms with Gasteiger partial charge >= 0.3 is 5.97 Å². The molecule has 0 fully saturated rings. The second kappa shape index (κ2) is 4.68. The summed E-state index contributed by atoms with van der Waals surface area (Å²) in [6.07, 6.45) is 0. The first kappa shape index (κ1) is 11.2. The van der Waals surface area contributed by atoms with E-state index >= 15 is 0 Å². The Kier molecular flexibility index (Phi) is 3.08. The minimum absolute atomic E-state index is 0.104. The SMILES string of the molecule is O=C(O)c1n[nH]nc1C#Cc1ccc(Cl)cc1. The maximum absolute atomic E-state index is 10.7. The fourth-order valence-electron chi connectivity index (χ4n) is 1.13. The fraction of sp³-hybridized carbons (Fsp3) is 0. The summed E-state index contributed by atoms with van der Waals surface area (Å²) < 4.78 is 0. The number of nitrogens with zero attached hydrogens (tertiary/aromatic N) is 2.